The molecule has 2 N–H and O–H groups in total. The van der Waals surface area contributed by atoms with Gasteiger partial charge >= 0.3 is 6.09 Å². The molecular weight excluding hydrogens is 549 g/mol. The van der Waals surface area contributed by atoms with Crippen molar-refractivity contribution in [1.82, 2.24) is 10.6 Å². The van der Waals surface area contributed by atoms with Crippen molar-refractivity contribution in [3.63, 3.8) is 0 Å². The van der Waals surface area contributed by atoms with Gasteiger partial charge in [-0.15, -0.1) is 12.3 Å². The number of hydrogen-bond acceptors (Lipinski definition) is 6. The van der Waals surface area contributed by atoms with E-state index < -0.39 is 61.4 Å². The van der Waals surface area contributed by atoms with Crippen LogP contribution in [0.5, 0.6) is 0 Å². The van der Waals surface area contributed by atoms with E-state index in [1.807, 2.05) is 0 Å². The first-order valence-corrected chi connectivity index (χ1v) is 14.1. The minimum Gasteiger partial charge on any atom is -0.444 e. The molecule has 0 bridgehead atoms. The monoisotopic (exact) mass is 577 g/mol. The van der Waals surface area contributed by atoms with E-state index in [9.17, 15) is 22.8 Å². The van der Waals surface area contributed by atoms with Crippen LogP contribution >= 0.6 is 11.6 Å². The van der Waals surface area contributed by atoms with E-state index in [-0.39, 0.29) is 18.8 Å². The van der Waals surface area contributed by atoms with Crippen LogP contribution in [0.3, 0.4) is 0 Å². The molecule has 0 unspecified atom stereocenters. The molecule has 0 saturated heterocycles. The summed E-state index contributed by atoms with van der Waals surface area (Å²) in [5, 5.41) is 5.32. The lowest BCUT2D eigenvalue weighted by Gasteiger charge is -2.27. The highest BCUT2D eigenvalue weighted by Crippen LogP contribution is 2.34. The quantitative estimate of drug-likeness (QED) is 0.381. The van der Waals surface area contributed by atoms with Crippen LogP contribution in [-0.4, -0.2) is 50.3 Å². The van der Waals surface area contributed by atoms with Gasteiger partial charge in [0.05, 0.1) is 28.4 Å². The van der Waals surface area contributed by atoms with Crippen LogP contribution in [-0.2, 0) is 25.9 Å². The first-order chi connectivity index (χ1) is 18.2. The maximum absolute atomic E-state index is 15.1. The number of nitrogens with one attached hydrogen (secondary N) is 2. The van der Waals surface area contributed by atoms with Crippen molar-refractivity contribution >= 4 is 45.0 Å². The summed E-state index contributed by atoms with van der Waals surface area (Å²) >= 11 is 5.98. The average Bonchev–Trinajstić information content (AvgIpc) is 2.90. The Labute approximate surface area is 232 Å². The van der Waals surface area contributed by atoms with Crippen LogP contribution in [0.4, 0.5) is 14.9 Å². The number of carbonyl (C=O) groups is 3. The van der Waals surface area contributed by atoms with Gasteiger partial charge in [-0.3, -0.25) is 9.59 Å². The predicted octanol–water partition coefficient (Wildman–Crippen LogP) is 3.84. The Hall–Kier alpha value is -3.62. The molecule has 0 spiro atoms. The first-order valence-electron chi connectivity index (χ1n) is 12.0. The summed E-state index contributed by atoms with van der Waals surface area (Å²) in [6, 6.07) is 6.65. The molecule has 2 aromatic carbocycles. The fourth-order valence-corrected chi connectivity index (χ4v) is 5.58. The smallest absolute Gasteiger partial charge is 0.408 e. The number of unbranched alkanes of at least 4 members (excludes halogenated alkanes) is 1. The Bertz CT molecular complexity index is 1410. The molecule has 208 valence electrons. The van der Waals surface area contributed by atoms with E-state index in [4.69, 9.17) is 22.8 Å². The van der Waals surface area contributed by atoms with Gasteiger partial charge in [-0.05, 0) is 57.0 Å². The van der Waals surface area contributed by atoms with E-state index >= 15 is 4.39 Å². The third-order valence-corrected chi connectivity index (χ3v) is 7.62. The van der Waals surface area contributed by atoms with Gasteiger partial charge in [0.15, 0.2) is 9.84 Å². The number of anilines is 1. The van der Waals surface area contributed by atoms with Crippen molar-refractivity contribution in [2.45, 2.75) is 56.7 Å². The molecule has 0 radical (unpaired) electrons. The second-order valence-electron chi connectivity index (χ2n) is 9.89. The van der Waals surface area contributed by atoms with Crippen molar-refractivity contribution in [2.24, 2.45) is 0 Å². The summed E-state index contributed by atoms with van der Waals surface area (Å²) in [7, 11) is -4.32. The van der Waals surface area contributed by atoms with Crippen molar-refractivity contribution in [2.75, 3.05) is 17.2 Å². The Morgan fingerprint density at radius 2 is 1.90 bits per heavy atom. The topological polar surface area (TPSA) is 122 Å². The average molecular weight is 578 g/mol. The van der Waals surface area contributed by atoms with Gasteiger partial charge in [0.1, 0.15) is 17.5 Å². The largest absolute Gasteiger partial charge is 0.444 e. The summed E-state index contributed by atoms with van der Waals surface area (Å²) in [6.07, 6.45) is 5.08. The molecule has 0 aliphatic carbocycles. The summed E-state index contributed by atoms with van der Waals surface area (Å²) in [4.78, 5) is 39.6. The predicted molar refractivity (Wildman–Crippen MR) is 145 cm³/mol. The van der Waals surface area contributed by atoms with Gasteiger partial charge in [-0.1, -0.05) is 23.7 Å². The summed E-state index contributed by atoms with van der Waals surface area (Å²) in [5.74, 6) is -1.07. The van der Waals surface area contributed by atoms with Crippen LogP contribution in [0.25, 0.3) is 0 Å². The number of alkyl carbamates (subject to hydrolysis) is 1. The molecule has 1 aliphatic rings. The number of carbonyl (C=O) groups excluding carboxylic acids is 3. The highest BCUT2D eigenvalue weighted by Gasteiger charge is 2.40. The molecular formula is C27H29ClFN3O6S. The lowest BCUT2D eigenvalue weighted by Crippen LogP contribution is -2.51. The molecule has 0 fully saturated rings. The van der Waals surface area contributed by atoms with E-state index in [2.05, 4.69) is 16.6 Å². The highest BCUT2D eigenvalue weighted by molar-refractivity contribution is 7.91. The van der Waals surface area contributed by atoms with Crippen LogP contribution in [0.15, 0.2) is 41.3 Å². The molecule has 2 aromatic rings. The van der Waals surface area contributed by atoms with Crippen LogP contribution in [0.1, 0.15) is 49.5 Å². The number of rotatable bonds is 7. The van der Waals surface area contributed by atoms with Crippen LogP contribution < -0.4 is 15.5 Å². The van der Waals surface area contributed by atoms with Crippen LogP contribution in [0.2, 0.25) is 5.02 Å². The zero-order valence-corrected chi connectivity index (χ0v) is 23.3. The zero-order chi connectivity index (χ0) is 29.0. The zero-order valence-electron chi connectivity index (χ0n) is 21.7. The SMILES string of the molecule is C#CCCCNC(=O)c1cc2c(cc1F)S(=O)(=O)C[C@H](NC(=O)OC(C)(C)C)C(=O)N2Cc1ccc(Cl)cc1. The van der Waals surface area contributed by atoms with Gasteiger partial charge in [-0.25, -0.2) is 17.6 Å². The van der Waals surface area contributed by atoms with Crippen LogP contribution in [0, 0.1) is 18.2 Å². The normalized spacial score (nSPS) is 16.5. The molecule has 3 rings (SSSR count). The highest BCUT2D eigenvalue weighted by atomic mass is 35.5. The number of hydrogen-bond donors (Lipinski definition) is 2. The van der Waals surface area contributed by atoms with E-state index in [1.54, 1.807) is 45.0 Å². The number of terminal acetylenes is 1. The van der Waals surface area contributed by atoms with E-state index in [0.717, 1.165) is 17.0 Å². The van der Waals surface area contributed by atoms with Gasteiger partial charge < -0.3 is 20.3 Å². The number of sulfone groups is 1. The molecule has 1 heterocycles. The van der Waals surface area contributed by atoms with Gasteiger partial charge in [0, 0.05) is 18.0 Å². The van der Waals surface area contributed by atoms with Crippen molar-refractivity contribution in [3.05, 3.63) is 58.4 Å². The molecule has 3 amide bonds. The fourth-order valence-electron chi connectivity index (χ4n) is 3.84. The van der Waals surface area contributed by atoms with Gasteiger partial charge in [-0.2, -0.15) is 0 Å². The number of benzene rings is 2. The van der Waals surface area contributed by atoms with Crippen molar-refractivity contribution in [1.29, 1.82) is 0 Å². The number of nitrogens with zero attached hydrogens (tertiary/aromatic N) is 1. The van der Waals surface area contributed by atoms with Gasteiger partial charge in [0.25, 0.3) is 11.8 Å². The maximum Gasteiger partial charge on any atom is 0.408 e. The third kappa shape index (κ3) is 7.71. The lowest BCUT2D eigenvalue weighted by atomic mass is 10.1. The van der Waals surface area contributed by atoms with E-state index in [0.29, 0.717) is 23.4 Å². The number of fused-ring (bicyclic) bond motifs is 1. The minimum absolute atomic E-state index is 0.153. The second-order valence-corrected chi connectivity index (χ2v) is 12.3. The van der Waals surface area contributed by atoms with E-state index in [1.165, 1.54) is 0 Å². The lowest BCUT2D eigenvalue weighted by molar-refractivity contribution is -0.120. The number of ether oxygens (including phenoxy) is 1. The second kappa shape index (κ2) is 12.1. The fraction of sp³-hybridized carbons (Fsp3) is 0.370. The van der Waals surface area contributed by atoms with Gasteiger partial charge in [0.2, 0.25) is 0 Å². The number of halogens is 2. The standard InChI is InChI=1S/C27H29ClFN3O6S/c1-5-6-7-12-30-24(33)19-13-22-23(14-20(19)29)39(36,37)16-21(31-26(35)38-27(2,3)4)25(34)32(22)15-17-8-10-18(28)11-9-17/h1,8-11,13-14,21H,6-7,12,15-16H2,2-4H3,(H,30,33)(H,31,35)/t21-/m0/s1. The number of amides is 3. The molecule has 9 nitrogen and oxygen atoms in total. The molecule has 1 aliphatic heterocycles. The Balaban J connectivity index is 2.09. The third-order valence-electron chi connectivity index (χ3n) is 5.60. The summed E-state index contributed by atoms with van der Waals surface area (Å²) in [6.45, 7) is 4.86. The van der Waals surface area contributed by atoms with Crippen molar-refractivity contribution < 1.29 is 31.9 Å². The Kier molecular flexibility index (Phi) is 9.25. The molecule has 1 atom stereocenters. The summed E-state index contributed by atoms with van der Waals surface area (Å²) in [5.41, 5.74) is -0.983. The van der Waals surface area contributed by atoms with Crippen molar-refractivity contribution in [3.8, 4) is 12.3 Å². The molecule has 12 heteroatoms. The molecule has 0 aromatic heterocycles. The molecule has 39 heavy (non-hydrogen) atoms. The maximum atomic E-state index is 15.1. The molecule has 0 saturated carbocycles. The first kappa shape index (κ1) is 29.9. The Morgan fingerprint density at radius 1 is 1.23 bits per heavy atom. The Morgan fingerprint density at radius 3 is 2.51 bits per heavy atom. The summed E-state index contributed by atoms with van der Waals surface area (Å²) < 4.78 is 47.0. The minimum atomic E-state index is -4.32.